The molecule has 15 heavy (non-hydrogen) atoms. The lowest BCUT2D eigenvalue weighted by molar-refractivity contribution is 0.289. The molecule has 1 N–H and O–H groups in total. The molecule has 0 aromatic heterocycles. The number of fused-ring (bicyclic) bond motifs is 2. The largest absolute Gasteiger partial charge is 0.317 e. The van der Waals surface area contributed by atoms with Crippen LogP contribution >= 0.6 is 0 Å². The molecule has 2 bridgehead atoms. The number of hydrogen-bond donors (Lipinski definition) is 1. The summed E-state index contributed by atoms with van der Waals surface area (Å²) in [6.45, 7) is 0. The van der Waals surface area contributed by atoms with Crippen molar-refractivity contribution in [2.24, 2.45) is 23.7 Å². The highest BCUT2D eigenvalue weighted by molar-refractivity contribution is 4.92. The molecule has 0 saturated heterocycles. The predicted octanol–water partition coefficient (Wildman–Crippen LogP) is 3.20. The smallest absolute Gasteiger partial charge is 0.00924 e. The minimum absolute atomic E-state index is 0.851. The Labute approximate surface area is 94.0 Å². The summed E-state index contributed by atoms with van der Waals surface area (Å²) in [6.07, 6.45) is 12.2. The SMILES string of the molecule is CNC(CCC1CC2CCC1C2)C1CC1. The van der Waals surface area contributed by atoms with Crippen molar-refractivity contribution in [1.82, 2.24) is 5.32 Å². The fourth-order valence-corrected chi connectivity index (χ4v) is 4.24. The van der Waals surface area contributed by atoms with Crippen molar-refractivity contribution >= 4 is 0 Å². The lowest BCUT2D eigenvalue weighted by atomic mass is 9.84. The Kier molecular flexibility index (Phi) is 2.76. The quantitative estimate of drug-likeness (QED) is 0.730. The third-order valence-corrected chi connectivity index (χ3v) is 5.29. The van der Waals surface area contributed by atoms with Crippen LogP contribution in [-0.4, -0.2) is 13.1 Å². The third-order valence-electron chi connectivity index (χ3n) is 5.29. The van der Waals surface area contributed by atoms with Crippen LogP contribution in [0.1, 0.15) is 51.4 Å². The molecule has 0 radical (unpaired) electrons. The van der Waals surface area contributed by atoms with Crippen LogP contribution < -0.4 is 5.32 Å². The number of rotatable bonds is 5. The second-order valence-electron chi connectivity index (χ2n) is 6.24. The van der Waals surface area contributed by atoms with Gasteiger partial charge in [0.2, 0.25) is 0 Å². The fraction of sp³-hybridized carbons (Fsp3) is 1.00. The Morgan fingerprint density at radius 3 is 2.53 bits per heavy atom. The molecule has 1 heteroatoms. The Balaban J connectivity index is 1.45. The maximum Gasteiger partial charge on any atom is 0.00924 e. The van der Waals surface area contributed by atoms with Gasteiger partial charge in [0.25, 0.3) is 0 Å². The Morgan fingerprint density at radius 2 is 2.00 bits per heavy atom. The summed E-state index contributed by atoms with van der Waals surface area (Å²) in [6, 6.07) is 0.851. The molecule has 3 saturated carbocycles. The van der Waals surface area contributed by atoms with Gasteiger partial charge in [-0.3, -0.25) is 0 Å². The predicted molar refractivity (Wildman–Crippen MR) is 63.7 cm³/mol. The van der Waals surface area contributed by atoms with E-state index in [0.29, 0.717) is 0 Å². The first kappa shape index (κ1) is 10.1. The summed E-state index contributed by atoms with van der Waals surface area (Å²) in [5.41, 5.74) is 0. The van der Waals surface area contributed by atoms with Gasteiger partial charge in [0.15, 0.2) is 0 Å². The molecule has 0 spiro atoms. The molecule has 4 atom stereocenters. The van der Waals surface area contributed by atoms with Crippen molar-refractivity contribution < 1.29 is 0 Å². The van der Waals surface area contributed by atoms with Crippen LogP contribution in [0.15, 0.2) is 0 Å². The van der Waals surface area contributed by atoms with Gasteiger partial charge >= 0.3 is 0 Å². The minimum Gasteiger partial charge on any atom is -0.317 e. The lowest BCUT2D eigenvalue weighted by Gasteiger charge is -2.24. The molecular weight excluding hydrogens is 182 g/mol. The molecule has 3 aliphatic carbocycles. The normalized spacial score (nSPS) is 41.0. The second kappa shape index (κ2) is 4.08. The summed E-state index contributed by atoms with van der Waals surface area (Å²) < 4.78 is 0. The van der Waals surface area contributed by atoms with Crippen LogP contribution in [0.3, 0.4) is 0 Å². The van der Waals surface area contributed by atoms with Gasteiger partial charge in [0.1, 0.15) is 0 Å². The third kappa shape index (κ3) is 2.08. The van der Waals surface area contributed by atoms with E-state index in [1.54, 1.807) is 25.7 Å². The van der Waals surface area contributed by atoms with Gasteiger partial charge in [-0.15, -0.1) is 0 Å². The van der Waals surface area contributed by atoms with Crippen molar-refractivity contribution in [2.75, 3.05) is 7.05 Å². The van der Waals surface area contributed by atoms with Crippen LogP contribution in [0.4, 0.5) is 0 Å². The first-order valence-electron chi connectivity index (χ1n) is 7.04. The van der Waals surface area contributed by atoms with Gasteiger partial charge in [0.05, 0.1) is 0 Å². The highest BCUT2D eigenvalue weighted by Gasteiger charge is 2.39. The highest BCUT2D eigenvalue weighted by Crippen LogP contribution is 2.50. The zero-order chi connectivity index (χ0) is 10.3. The van der Waals surface area contributed by atoms with Gasteiger partial charge in [-0.2, -0.15) is 0 Å². The Bertz CT molecular complexity index is 221. The molecular formula is C14H25N. The van der Waals surface area contributed by atoms with Crippen molar-refractivity contribution in [2.45, 2.75) is 57.4 Å². The van der Waals surface area contributed by atoms with Crippen molar-refractivity contribution in [3.05, 3.63) is 0 Å². The van der Waals surface area contributed by atoms with E-state index in [0.717, 1.165) is 29.7 Å². The molecule has 0 aliphatic heterocycles. The fourth-order valence-electron chi connectivity index (χ4n) is 4.24. The highest BCUT2D eigenvalue weighted by atomic mass is 14.9. The van der Waals surface area contributed by atoms with E-state index in [4.69, 9.17) is 0 Å². The van der Waals surface area contributed by atoms with Crippen LogP contribution in [-0.2, 0) is 0 Å². The van der Waals surface area contributed by atoms with E-state index in [1.165, 1.54) is 25.7 Å². The van der Waals surface area contributed by atoms with Crippen LogP contribution in [0, 0.1) is 23.7 Å². The van der Waals surface area contributed by atoms with Gasteiger partial charge in [-0.1, -0.05) is 6.42 Å². The molecule has 1 nitrogen and oxygen atoms in total. The van der Waals surface area contributed by atoms with Gasteiger partial charge in [0, 0.05) is 6.04 Å². The molecule has 3 aliphatic rings. The summed E-state index contributed by atoms with van der Waals surface area (Å²) in [7, 11) is 2.16. The van der Waals surface area contributed by atoms with E-state index in [-0.39, 0.29) is 0 Å². The maximum atomic E-state index is 3.53. The van der Waals surface area contributed by atoms with Gasteiger partial charge in [-0.25, -0.2) is 0 Å². The maximum absolute atomic E-state index is 3.53. The summed E-state index contributed by atoms with van der Waals surface area (Å²) in [4.78, 5) is 0. The topological polar surface area (TPSA) is 12.0 Å². The Morgan fingerprint density at radius 1 is 1.13 bits per heavy atom. The number of nitrogens with one attached hydrogen (secondary N) is 1. The van der Waals surface area contributed by atoms with Crippen LogP contribution in [0.25, 0.3) is 0 Å². The van der Waals surface area contributed by atoms with E-state index >= 15 is 0 Å². The van der Waals surface area contributed by atoms with Crippen molar-refractivity contribution in [3.8, 4) is 0 Å². The van der Waals surface area contributed by atoms with E-state index in [9.17, 15) is 0 Å². The lowest BCUT2D eigenvalue weighted by Crippen LogP contribution is -2.28. The van der Waals surface area contributed by atoms with Gasteiger partial charge < -0.3 is 5.32 Å². The minimum atomic E-state index is 0.851. The van der Waals surface area contributed by atoms with Crippen molar-refractivity contribution in [1.29, 1.82) is 0 Å². The summed E-state index contributed by atoms with van der Waals surface area (Å²) in [5.74, 6) is 4.41. The summed E-state index contributed by atoms with van der Waals surface area (Å²) >= 11 is 0. The molecule has 0 heterocycles. The van der Waals surface area contributed by atoms with Crippen LogP contribution in [0.2, 0.25) is 0 Å². The molecule has 3 rings (SSSR count). The van der Waals surface area contributed by atoms with E-state index in [2.05, 4.69) is 12.4 Å². The van der Waals surface area contributed by atoms with Gasteiger partial charge in [-0.05, 0) is 75.7 Å². The molecule has 3 fully saturated rings. The zero-order valence-electron chi connectivity index (χ0n) is 10.0. The molecule has 0 aromatic rings. The van der Waals surface area contributed by atoms with Crippen molar-refractivity contribution in [3.63, 3.8) is 0 Å². The summed E-state index contributed by atoms with van der Waals surface area (Å²) in [5, 5.41) is 3.53. The average molecular weight is 207 g/mol. The standard InChI is InChI=1S/C14H25N/c1-15-14(11-4-5-11)7-6-13-9-10-2-3-12(13)8-10/h10-15H,2-9H2,1H3. The van der Waals surface area contributed by atoms with E-state index < -0.39 is 0 Å². The molecule has 4 unspecified atom stereocenters. The Hall–Kier alpha value is -0.0400. The first-order chi connectivity index (χ1) is 7.36. The molecule has 86 valence electrons. The second-order valence-corrected chi connectivity index (χ2v) is 6.24. The van der Waals surface area contributed by atoms with Crippen LogP contribution in [0.5, 0.6) is 0 Å². The first-order valence-corrected chi connectivity index (χ1v) is 7.04. The number of hydrogen-bond acceptors (Lipinski definition) is 1. The average Bonchev–Trinajstić information content (AvgIpc) is 2.89. The molecule has 0 amide bonds. The zero-order valence-corrected chi connectivity index (χ0v) is 10.0. The van der Waals surface area contributed by atoms with E-state index in [1.807, 2.05) is 0 Å². The molecule has 0 aromatic carbocycles. The monoisotopic (exact) mass is 207 g/mol.